The van der Waals surface area contributed by atoms with Crippen LogP contribution in [0.25, 0.3) is 0 Å². The number of nitrogens with two attached hydrogens (primary N) is 1. The van der Waals surface area contributed by atoms with Crippen LogP contribution in [0.15, 0.2) is 48.5 Å². The third-order valence-electron chi connectivity index (χ3n) is 3.65. The first kappa shape index (κ1) is 20.7. The molecule has 0 bridgehead atoms. The number of anilines is 1. The van der Waals surface area contributed by atoms with Gasteiger partial charge in [-0.05, 0) is 30.8 Å². The first-order valence-electron chi connectivity index (χ1n) is 7.88. The molecule has 27 heavy (non-hydrogen) atoms. The molecule has 0 radical (unpaired) electrons. The SMILES string of the molecule is CN(CC(=O)Nc1ccc(Cl)c(Cl)c1)[C@@H](C(=O)NC(N)=O)c1ccccc1. The maximum Gasteiger partial charge on any atom is 0.318 e. The van der Waals surface area contributed by atoms with Gasteiger partial charge in [0.15, 0.2) is 0 Å². The minimum absolute atomic E-state index is 0.119. The number of rotatable bonds is 6. The number of likely N-dealkylation sites (N-methyl/N-ethyl adjacent to an activating group) is 1. The Hall–Kier alpha value is -2.61. The zero-order valence-electron chi connectivity index (χ0n) is 14.4. The Morgan fingerprint density at radius 3 is 2.33 bits per heavy atom. The number of benzene rings is 2. The minimum atomic E-state index is -0.963. The van der Waals surface area contributed by atoms with Crippen molar-refractivity contribution in [3.63, 3.8) is 0 Å². The van der Waals surface area contributed by atoms with Crippen LogP contribution in [-0.4, -0.2) is 36.3 Å². The van der Waals surface area contributed by atoms with Crippen molar-refractivity contribution < 1.29 is 14.4 Å². The zero-order chi connectivity index (χ0) is 20.0. The van der Waals surface area contributed by atoms with E-state index in [4.69, 9.17) is 28.9 Å². The molecule has 2 aromatic rings. The van der Waals surface area contributed by atoms with Crippen molar-refractivity contribution in [2.45, 2.75) is 6.04 Å². The number of urea groups is 1. The summed E-state index contributed by atoms with van der Waals surface area (Å²) in [6.45, 7) is -0.119. The van der Waals surface area contributed by atoms with E-state index in [1.165, 1.54) is 11.0 Å². The van der Waals surface area contributed by atoms with E-state index in [1.807, 2.05) is 0 Å². The predicted octanol–water partition coefficient (Wildman–Crippen LogP) is 2.80. The summed E-state index contributed by atoms with van der Waals surface area (Å²) in [5.41, 5.74) is 6.13. The number of hydrogen-bond acceptors (Lipinski definition) is 4. The lowest BCUT2D eigenvalue weighted by molar-refractivity contribution is -0.126. The lowest BCUT2D eigenvalue weighted by atomic mass is 10.0. The second kappa shape index (κ2) is 9.36. The summed E-state index contributed by atoms with van der Waals surface area (Å²) in [4.78, 5) is 37.3. The Bertz CT molecular complexity index is 846. The van der Waals surface area contributed by atoms with Gasteiger partial charge in [-0.25, -0.2) is 4.79 Å². The summed E-state index contributed by atoms with van der Waals surface area (Å²) in [7, 11) is 1.59. The van der Waals surface area contributed by atoms with Gasteiger partial charge in [0.1, 0.15) is 6.04 Å². The van der Waals surface area contributed by atoms with Crippen molar-refractivity contribution in [1.82, 2.24) is 10.2 Å². The second-order valence-corrected chi connectivity index (χ2v) is 6.57. The average Bonchev–Trinajstić information content (AvgIpc) is 2.58. The third-order valence-corrected chi connectivity index (χ3v) is 4.39. The Morgan fingerprint density at radius 1 is 1.07 bits per heavy atom. The Balaban J connectivity index is 2.13. The van der Waals surface area contributed by atoms with E-state index < -0.39 is 18.0 Å². The summed E-state index contributed by atoms with van der Waals surface area (Å²) in [5.74, 6) is -0.998. The molecule has 7 nitrogen and oxygen atoms in total. The molecule has 2 aromatic carbocycles. The van der Waals surface area contributed by atoms with Crippen molar-refractivity contribution >= 4 is 46.7 Å². The maximum absolute atomic E-state index is 12.4. The highest BCUT2D eigenvalue weighted by molar-refractivity contribution is 6.42. The molecule has 0 saturated carbocycles. The maximum atomic E-state index is 12.4. The lowest BCUT2D eigenvalue weighted by Crippen LogP contribution is -2.45. The van der Waals surface area contributed by atoms with Gasteiger partial charge < -0.3 is 11.1 Å². The van der Waals surface area contributed by atoms with Gasteiger partial charge in [0.2, 0.25) is 11.8 Å². The number of nitrogens with one attached hydrogen (secondary N) is 2. The highest BCUT2D eigenvalue weighted by Gasteiger charge is 2.27. The van der Waals surface area contributed by atoms with Crippen LogP contribution in [0.3, 0.4) is 0 Å². The topological polar surface area (TPSA) is 105 Å². The van der Waals surface area contributed by atoms with Gasteiger partial charge in [-0.1, -0.05) is 53.5 Å². The van der Waals surface area contributed by atoms with Crippen LogP contribution in [0.4, 0.5) is 10.5 Å². The molecule has 2 rings (SSSR count). The molecule has 4 amide bonds. The summed E-state index contributed by atoms with van der Waals surface area (Å²) >= 11 is 11.8. The minimum Gasteiger partial charge on any atom is -0.351 e. The standard InChI is InChI=1S/C18H18Cl2N4O3/c1-24(10-15(25)22-12-7-8-13(19)14(20)9-12)16(17(26)23-18(21)27)11-5-3-2-4-6-11/h2-9,16H,10H2,1H3,(H,22,25)(H3,21,23,26,27)/t16-/m1/s1. The van der Waals surface area contributed by atoms with Gasteiger partial charge in [0.05, 0.1) is 16.6 Å². The van der Waals surface area contributed by atoms with Gasteiger partial charge >= 0.3 is 6.03 Å². The number of primary amides is 1. The molecule has 0 aliphatic rings. The summed E-state index contributed by atoms with van der Waals surface area (Å²) in [6.07, 6.45) is 0. The van der Waals surface area contributed by atoms with Gasteiger partial charge in [0.25, 0.3) is 0 Å². The fourth-order valence-corrected chi connectivity index (χ4v) is 2.82. The fourth-order valence-electron chi connectivity index (χ4n) is 2.52. The highest BCUT2D eigenvalue weighted by Crippen LogP contribution is 2.25. The van der Waals surface area contributed by atoms with Crippen molar-refractivity contribution in [3.05, 3.63) is 64.1 Å². The van der Waals surface area contributed by atoms with Gasteiger partial charge in [-0.2, -0.15) is 0 Å². The smallest absolute Gasteiger partial charge is 0.318 e. The van der Waals surface area contributed by atoms with Crippen LogP contribution in [0, 0.1) is 0 Å². The number of nitrogens with zero attached hydrogens (tertiary/aromatic N) is 1. The average molecular weight is 409 g/mol. The summed E-state index contributed by atoms with van der Waals surface area (Å²) in [5, 5.41) is 5.42. The normalized spacial score (nSPS) is 11.7. The number of imide groups is 1. The molecule has 0 fully saturated rings. The van der Waals surface area contributed by atoms with Crippen LogP contribution in [-0.2, 0) is 9.59 Å². The molecule has 0 spiro atoms. The van der Waals surface area contributed by atoms with Crippen LogP contribution in [0.2, 0.25) is 10.0 Å². The monoisotopic (exact) mass is 408 g/mol. The summed E-state index contributed by atoms with van der Waals surface area (Å²) < 4.78 is 0. The molecule has 0 saturated heterocycles. The van der Waals surface area contributed by atoms with Gasteiger partial charge in [-0.3, -0.25) is 19.8 Å². The second-order valence-electron chi connectivity index (χ2n) is 5.76. The molecule has 142 valence electrons. The summed E-state index contributed by atoms with van der Waals surface area (Å²) in [6, 6.07) is 11.6. The van der Waals surface area contributed by atoms with Crippen LogP contribution in [0.5, 0.6) is 0 Å². The predicted molar refractivity (Wildman–Crippen MR) is 105 cm³/mol. The zero-order valence-corrected chi connectivity index (χ0v) is 15.9. The molecule has 0 unspecified atom stereocenters. The Morgan fingerprint density at radius 2 is 1.74 bits per heavy atom. The van der Waals surface area contributed by atoms with Gasteiger partial charge in [-0.15, -0.1) is 0 Å². The van der Waals surface area contributed by atoms with Crippen LogP contribution < -0.4 is 16.4 Å². The molecular weight excluding hydrogens is 391 g/mol. The van der Waals surface area contributed by atoms with Crippen LogP contribution >= 0.6 is 23.2 Å². The quantitative estimate of drug-likeness (QED) is 0.683. The molecule has 0 aliphatic heterocycles. The molecule has 1 atom stereocenters. The first-order chi connectivity index (χ1) is 12.8. The molecule has 0 aliphatic carbocycles. The molecule has 0 heterocycles. The number of carbonyl (C=O) groups is 3. The van der Waals surface area contributed by atoms with E-state index in [0.29, 0.717) is 21.3 Å². The first-order valence-corrected chi connectivity index (χ1v) is 8.64. The van der Waals surface area contributed by atoms with Gasteiger partial charge in [0, 0.05) is 5.69 Å². The lowest BCUT2D eigenvalue weighted by Gasteiger charge is -2.26. The van der Waals surface area contributed by atoms with E-state index in [2.05, 4.69) is 10.6 Å². The highest BCUT2D eigenvalue weighted by atomic mass is 35.5. The molecule has 0 aromatic heterocycles. The molecule has 9 heteroatoms. The van der Waals surface area contributed by atoms with Crippen LogP contribution in [0.1, 0.15) is 11.6 Å². The Labute approximate surface area is 166 Å². The van der Waals surface area contributed by atoms with E-state index in [0.717, 1.165) is 0 Å². The van der Waals surface area contributed by atoms with E-state index in [1.54, 1.807) is 49.5 Å². The number of carbonyl (C=O) groups excluding carboxylic acids is 3. The van der Waals surface area contributed by atoms with Crippen molar-refractivity contribution in [2.75, 3.05) is 18.9 Å². The van der Waals surface area contributed by atoms with Crippen molar-refractivity contribution in [1.29, 1.82) is 0 Å². The molecular formula is C18H18Cl2N4O3. The Kier molecular flexibility index (Phi) is 7.18. The fraction of sp³-hybridized carbons (Fsp3) is 0.167. The molecule has 4 N–H and O–H groups in total. The van der Waals surface area contributed by atoms with Crippen molar-refractivity contribution in [2.24, 2.45) is 5.73 Å². The number of hydrogen-bond donors (Lipinski definition) is 3. The van der Waals surface area contributed by atoms with Crippen molar-refractivity contribution in [3.8, 4) is 0 Å². The largest absolute Gasteiger partial charge is 0.351 e. The van der Waals surface area contributed by atoms with E-state index in [9.17, 15) is 14.4 Å². The van der Waals surface area contributed by atoms with E-state index >= 15 is 0 Å². The number of halogens is 2. The van der Waals surface area contributed by atoms with E-state index in [-0.39, 0.29) is 12.5 Å². The number of amides is 4. The third kappa shape index (κ3) is 5.96.